The number of rotatable bonds is 6. The van der Waals surface area contributed by atoms with Crippen molar-refractivity contribution < 1.29 is 14.0 Å². The molecule has 0 radical (unpaired) electrons. The van der Waals surface area contributed by atoms with Crippen LogP contribution in [0.1, 0.15) is 33.6 Å². The Hall–Kier alpha value is -2.03. The summed E-state index contributed by atoms with van der Waals surface area (Å²) in [6.07, 6.45) is 1.34. The van der Waals surface area contributed by atoms with Crippen LogP contribution in [-0.2, 0) is 9.59 Å². The van der Waals surface area contributed by atoms with Crippen molar-refractivity contribution in [2.45, 2.75) is 39.2 Å². The third-order valence-corrected chi connectivity index (χ3v) is 4.34. The number of hydrogen-bond donors (Lipinski definition) is 3. The van der Waals surface area contributed by atoms with Crippen LogP contribution in [0, 0.1) is 5.82 Å². The predicted molar refractivity (Wildman–Crippen MR) is 105 cm³/mol. The maximum absolute atomic E-state index is 14.3. The van der Waals surface area contributed by atoms with Gasteiger partial charge < -0.3 is 16.4 Å². The molecule has 0 aliphatic heterocycles. The van der Waals surface area contributed by atoms with Gasteiger partial charge in [-0.15, -0.1) is 23.7 Å². The van der Waals surface area contributed by atoms with Gasteiger partial charge in [-0.3, -0.25) is 9.59 Å². The summed E-state index contributed by atoms with van der Waals surface area (Å²) in [4.78, 5) is 27.5. The van der Waals surface area contributed by atoms with E-state index in [1.54, 1.807) is 18.4 Å². The summed E-state index contributed by atoms with van der Waals surface area (Å²) >= 11 is 1.20. The molecule has 0 bridgehead atoms. The zero-order valence-corrected chi connectivity index (χ0v) is 16.4. The van der Waals surface area contributed by atoms with Gasteiger partial charge in [0.1, 0.15) is 5.82 Å². The lowest BCUT2D eigenvalue weighted by Crippen LogP contribution is -2.48. The van der Waals surface area contributed by atoms with Crippen LogP contribution >= 0.6 is 23.7 Å². The molecule has 4 N–H and O–H groups in total. The molecule has 0 fully saturated rings. The van der Waals surface area contributed by atoms with E-state index in [0.717, 1.165) is 6.42 Å². The lowest BCUT2D eigenvalue weighted by atomic mass is 9.97. The fraction of sp³-hybridized carbons (Fsp3) is 0.353. The molecule has 2 amide bonds. The smallest absolute Gasteiger partial charge is 0.245 e. The van der Waals surface area contributed by atoms with Crippen molar-refractivity contribution in [2.75, 3.05) is 10.6 Å². The number of anilines is 2. The lowest BCUT2D eigenvalue weighted by Gasteiger charge is -2.21. The fourth-order valence-corrected chi connectivity index (χ4v) is 3.04. The number of nitrogens with two attached hydrogens (primary N) is 1. The van der Waals surface area contributed by atoms with Crippen LogP contribution in [-0.4, -0.2) is 22.3 Å². The zero-order valence-electron chi connectivity index (χ0n) is 14.8. The molecule has 1 aromatic carbocycles. The number of amides is 2. The van der Waals surface area contributed by atoms with Gasteiger partial charge in [-0.1, -0.05) is 13.3 Å². The highest BCUT2D eigenvalue weighted by molar-refractivity contribution is 7.14. The summed E-state index contributed by atoms with van der Waals surface area (Å²) in [5, 5.41) is 7.21. The normalized spacial score (nSPS) is 12.7. The maximum atomic E-state index is 14.3. The number of carbonyl (C=O) groups excluding carboxylic acids is 2. The first-order valence-electron chi connectivity index (χ1n) is 7.86. The standard InChI is InChI=1S/C17H21FN4O2S.ClH/c1-4-7-17(3,19)15(24)22-16-21-14(9-25-16)12-6-5-11(8-13(12)18)20-10(2)23;/h5-6,8-9H,4,7,19H2,1-3H3,(H,20,23)(H,21,22,24);1H. The molecule has 2 aromatic rings. The summed E-state index contributed by atoms with van der Waals surface area (Å²) in [5.41, 5.74) is 6.07. The van der Waals surface area contributed by atoms with Gasteiger partial charge in [0.15, 0.2) is 5.13 Å². The first-order chi connectivity index (χ1) is 11.7. The number of halogens is 2. The fourth-order valence-electron chi connectivity index (χ4n) is 2.33. The molecule has 1 aromatic heterocycles. The Balaban J connectivity index is 0.00000338. The lowest BCUT2D eigenvalue weighted by molar-refractivity contribution is -0.120. The number of thiazole rings is 1. The van der Waals surface area contributed by atoms with E-state index in [9.17, 15) is 14.0 Å². The number of nitrogens with one attached hydrogen (secondary N) is 2. The van der Waals surface area contributed by atoms with E-state index in [1.807, 2.05) is 6.92 Å². The van der Waals surface area contributed by atoms with E-state index in [0.29, 0.717) is 22.9 Å². The molecule has 0 aliphatic rings. The van der Waals surface area contributed by atoms with E-state index in [1.165, 1.54) is 30.4 Å². The van der Waals surface area contributed by atoms with Crippen LogP contribution in [0.5, 0.6) is 0 Å². The van der Waals surface area contributed by atoms with Gasteiger partial charge in [0, 0.05) is 23.6 Å². The third kappa shape index (κ3) is 5.48. The summed E-state index contributed by atoms with van der Waals surface area (Å²) < 4.78 is 14.3. The van der Waals surface area contributed by atoms with E-state index >= 15 is 0 Å². The van der Waals surface area contributed by atoms with E-state index < -0.39 is 11.4 Å². The monoisotopic (exact) mass is 400 g/mol. The van der Waals surface area contributed by atoms with Crippen LogP contribution in [0.3, 0.4) is 0 Å². The number of carbonyl (C=O) groups is 2. The highest BCUT2D eigenvalue weighted by atomic mass is 35.5. The zero-order chi connectivity index (χ0) is 18.6. The SMILES string of the molecule is CCCC(C)(N)C(=O)Nc1nc(-c2ccc(NC(C)=O)cc2F)cs1.Cl. The van der Waals surface area contributed by atoms with E-state index in [-0.39, 0.29) is 29.8 Å². The average Bonchev–Trinajstić information content (AvgIpc) is 2.94. The summed E-state index contributed by atoms with van der Waals surface area (Å²) in [6, 6.07) is 4.35. The van der Waals surface area contributed by atoms with Crippen LogP contribution in [0.25, 0.3) is 11.3 Å². The number of aromatic nitrogens is 1. The summed E-state index contributed by atoms with van der Waals surface area (Å²) in [6.45, 7) is 4.97. The van der Waals surface area contributed by atoms with Gasteiger partial charge >= 0.3 is 0 Å². The minimum absolute atomic E-state index is 0. The third-order valence-electron chi connectivity index (χ3n) is 3.58. The summed E-state index contributed by atoms with van der Waals surface area (Å²) in [7, 11) is 0. The van der Waals surface area contributed by atoms with Gasteiger partial charge in [0.2, 0.25) is 11.8 Å². The van der Waals surface area contributed by atoms with Gasteiger partial charge in [-0.25, -0.2) is 9.37 Å². The van der Waals surface area contributed by atoms with Gasteiger partial charge in [-0.2, -0.15) is 0 Å². The van der Waals surface area contributed by atoms with Gasteiger partial charge in [0.25, 0.3) is 0 Å². The number of nitrogens with zero attached hydrogens (tertiary/aromatic N) is 1. The maximum Gasteiger partial charge on any atom is 0.245 e. The highest BCUT2D eigenvalue weighted by Gasteiger charge is 2.28. The predicted octanol–water partition coefficient (Wildman–Crippen LogP) is 3.79. The molecule has 0 saturated carbocycles. The van der Waals surface area contributed by atoms with Crippen LogP contribution < -0.4 is 16.4 Å². The van der Waals surface area contributed by atoms with E-state index in [4.69, 9.17) is 5.73 Å². The van der Waals surface area contributed by atoms with Crippen molar-refractivity contribution in [1.29, 1.82) is 0 Å². The Morgan fingerprint density at radius 2 is 2.04 bits per heavy atom. The second-order valence-corrected chi connectivity index (χ2v) is 6.89. The van der Waals surface area contributed by atoms with Gasteiger partial charge in [-0.05, 0) is 31.5 Å². The Morgan fingerprint density at radius 1 is 1.35 bits per heavy atom. The molecule has 142 valence electrons. The molecule has 9 heteroatoms. The van der Waals surface area contributed by atoms with Crippen LogP contribution in [0.2, 0.25) is 0 Å². The molecule has 2 rings (SSSR count). The average molecular weight is 401 g/mol. The molecular formula is C17H22ClFN4O2S. The van der Waals surface area contributed by atoms with Gasteiger partial charge in [0.05, 0.1) is 11.2 Å². The van der Waals surface area contributed by atoms with Crippen molar-refractivity contribution in [3.8, 4) is 11.3 Å². The Kier molecular flexibility index (Phi) is 7.68. The summed E-state index contributed by atoms with van der Waals surface area (Å²) in [5.74, 6) is -1.11. The van der Waals surface area contributed by atoms with E-state index in [2.05, 4.69) is 15.6 Å². The van der Waals surface area contributed by atoms with Crippen LogP contribution in [0.4, 0.5) is 15.2 Å². The molecule has 0 aliphatic carbocycles. The Morgan fingerprint density at radius 3 is 2.62 bits per heavy atom. The molecule has 0 saturated heterocycles. The van der Waals surface area contributed by atoms with Crippen molar-refractivity contribution in [3.63, 3.8) is 0 Å². The Labute approximate surface area is 161 Å². The van der Waals surface area contributed by atoms with Crippen molar-refractivity contribution in [1.82, 2.24) is 4.98 Å². The number of benzene rings is 1. The van der Waals surface area contributed by atoms with Crippen molar-refractivity contribution in [3.05, 3.63) is 29.4 Å². The Bertz CT molecular complexity index is 795. The minimum atomic E-state index is -0.980. The minimum Gasteiger partial charge on any atom is -0.326 e. The topological polar surface area (TPSA) is 97.1 Å². The second kappa shape index (κ2) is 9.07. The molecule has 6 nitrogen and oxygen atoms in total. The molecule has 26 heavy (non-hydrogen) atoms. The molecule has 0 spiro atoms. The second-order valence-electron chi connectivity index (χ2n) is 6.04. The van der Waals surface area contributed by atoms with Crippen molar-refractivity contribution in [2.24, 2.45) is 5.73 Å². The quantitative estimate of drug-likeness (QED) is 0.687. The molecule has 1 heterocycles. The van der Waals surface area contributed by atoms with Crippen molar-refractivity contribution >= 4 is 46.4 Å². The highest BCUT2D eigenvalue weighted by Crippen LogP contribution is 2.29. The first kappa shape index (κ1) is 22.0. The first-order valence-corrected chi connectivity index (χ1v) is 8.74. The molecule has 1 unspecified atom stereocenters. The molecular weight excluding hydrogens is 379 g/mol. The molecule has 1 atom stereocenters. The largest absolute Gasteiger partial charge is 0.326 e. The van der Waals surface area contributed by atoms with Crippen LogP contribution in [0.15, 0.2) is 23.6 Å². The number of hydrogen-bond acceptors (Lipinski definition) is 5.